The molecule has 1 aromatic carbocycles. The average Bonchev–Trinajstić information content (AvgIpc) is 2.94. The van der Waals surface area contributed by atoms with Crippen molar-refractivity contribution in [2.45, 2.75) is 32.2 Å². The molecular formula is C19H21N3O3. The number of likely N-dealkylation sites (tertiary alicyclic amines) is 1. The van der Waals surface area contributed by atoms with E-state index in [1.165, 1.54) is 5.56 Å². The summed E-state index contributed by atoms with van der Waals surface area (Å²) in [6.45, 7) is 2.82. The minimum atomic E-state index is -0.814. The van der Waals surface area contributed by atoms with Gasteiger partial charge in [-0.2, -0.15) is 5.26 Å². The van der Waals surface area contributed by atoms with Crippen molar-refractivity contribution in [3.8, 4) is 6.07 Å². The fraction of sp³-hybridized carbons (Fsp3) is 0.421. The van der Waals surface area contributed by atoms with E-state index in [0.29, 0.717) is 25.9 Å². The summed E-state index contributed by atoms with van der Waals surface area (Å²) in [6.07, 6.45) is 3.39. The standard InChI is InChI=1S/C19H21N3O3/c1-13-10-15-4-2-3-5-17(15)22(13)12-16(11-20)18(23)21-8-6-14(7-9-21)19(24)25/h2-5,12-14H,6-10H2,1H3,(H,24,25)/b16-12-. The summed E-state index contributed by atoms with van der Waals surface area (Å²) in [7, 11) is 0. The van der Waals surface area contributed by atoms with Crippen molar-refractivity contribution in [3.05, 3.63) is 41.6 Å². The second kappa shape index (κ2) is 6.98. The van der Waals surface area contributed by atoms with Gasteiger partial charge >= 0.3 is 5.97 Å². The van der Waals surface area contributed by atoms with Crippen LogP contribution in [0, 0.1) is 17.2 Å². The van der Waals surface area contributed by atoms with Gasteiger partial charge < -0.3 is 14.9 Å². The molecule has 1 atom stereocenters. The molecule has 6 heteroatoms. The Balaban J connectivity index is 1.77. The van der Waals surface area contributed by atoms with Crippen LogP contribution in [-0.4, -0.2) is 41.0 Å². The molecular weight excluding hydrogens is 318 g/mol. The van der Waals surface area contributed by atoms with E-state index in [-0.39, 0.29) is 17.5 Å². The summed E-state index contributed by atoms with van der Waals surface area (Å²) >= 11 is 0. The van der Waals surface area contributed by atoms with Gasteiger partial charge in [0.1, 0.15) is 11.6 Å². The molecule has 2 aliphatic rings. The Bertz CT molecular complexity index is 757. The lowest BCUT2D eigenvalue weighted by atomic mass is 9.97. The summed E-state index contributed by atoms with van der Waals surface area (Å²) < 4.78 is 0. The molecule has 0 radical (unpaired) electrons. The molecule has 2 heterocycles. The largest absolute Gasteiger partial charge is 0.481 e. The SMILES string of the molecule is CC1Cc2ccccc2N1/C=C(/C#N)C(=O)N1CCC(C(=O)O)CC1. The van der Waals surface area contributed by atoms with Gasteiger partial charge in [-0.05, 0) is 37.8 Å². The van der Waals surface area contributed by atoms with Crippen LogP contribution in [0.5, 0.6) is 0 Å². The van der Waals surface area contributed by atoms with Gasteiger partial charge in [0.25, 0.3) is 5.91 Å². The molecule has 3 rings (SSSR count). The monoisotopic (exact) mass is 339 g/mol. The molecule has 1 unspecified atom stereocenters. The number of rotatable bonds is 3. The summed E-state index contributed by atoms with van der Waals surface area (Å²) in [6, 6.07) is 10.2. The number of para-hydroxylation sites is 1. The highest BCUT2D eigenvalue weighted by Crippen LogP contribution is 2.32. The van der Waals surface area contributed by atoms with Gasteiger partial charge in [-0.25, -0.2) is 0 Å². The molecule has 0 aliphatic carbocycles. The lowest BCUT2D eigenvalue weighted by molar-refractivity contribution is -0.145. The molecule has 6 nitrogen and oxygen atoms in total. The molecule has 0 spiro atoms. The molecule has 0 saturated carbocycles. The molecule has 0 bridgehead atoms. The second-order valence-electron chi connectivity index (χ2n) is 6.65. The number of amides is 1. The van der Waals surface area contributed by atoms with Crippen LogP contribution >= 0.6 is 0 Å². The van der Waals surface area contributed by atoms with E-state index >= 15 is 0 Å². The smallest absolute Gasteiger partial charge is 0.306 e. The van der Waals surface area contributed by atoms with E-state index in [4.69, 9.17) is 5.11 Å². The number of carboxylic acids is 1. The van der Waals surface area contributed by atoms with Crippen LogP contribution in [0.15, 0.2) is 36.0 Å². The summed E-state index contributed by atoms with van der Waals surface area (Å²) in [4.78, 5) is 27.3. The third kappa shape index (κ3) is 3.36. The number of benzene rings is 1. The van der Waals surface area contributed by atoms with Gasteiger partial charge in [-0.3, -0.25) is 9.59 Å². The van der Waals surface area contributed by atoms with Gasteiger partial charge in [-0.1, -0.05) is 18.2 Å². The Morgan fingerprint density at radius 3 is 2.60 bits per heavy atom. The number of carboxylic acid groups (broad SMARTS) is 1. The van der Waals surface area contributed by atoms with Crippen molar-refractivity contribution in [3.63, 3.8) is 0 Å². The van der Waals surface area contributed by atoms with Crippen LogP contribution in [0.3, 0.4) is 0 Å². The van der Waals surface area contributed by atoms with Crippen LogP contribution in [0.1, 0.15) is 25.3 Å². The number of carbonyl (C=O) groups excluding carboxylic acids is 1. The van der Waals surface area contributed by atoms with Crippen molar-refractivity contribution in [2.24, 2.45) is 5.92 Å². The molecule has 1 N–H and O–H groups in total. The minimum Gasteiger partial charge on any atom is -0.481 e. The number of carbonyl (C=O) groups is 2. The van der Waals surface area contributed by atoms with Crippen molar-refractivity contribution in [1.82, 2.24) is 4.90 Å². The molecule has 1 fully saturated rings. The van der Waals surface area contributed by atoms with Gasteiger partial charge in [0.2, 0.25) is 0 Å². The number of hydrogen-bond donors (Lipinski definition) is 1. The second-order valence-corrected chi connectivity index (χ2v) is 6.65. The minimum absolute atomic E-state index is 0.0947. The predicted octanol–water partition coefficient (Wildman–Crippen LogP) is 2.17. The Kier molecular flexibility index (Phi) is 4.75. The summed E-state index contributed by atoms with van der Waals surface area (Å²) in [5, 5.41) is 18.5. The Hall–Kier alpha value is -2.81. The fourth-order valence-corrected chi connectivity index (χ4v) is 3.56. The summed E-state index contributed by atoms with van der Waals surface area (Å²) in [5.74, 6) is -1.53. The number of fused-ring (bicyclic) bond motifs is 1. The van der Waals surface area contributed by atoms with Crippen molar-refractivity contribution in [2.75, 3.05) is 18.0 Å². The van der Waals surface area contributed by atoms with E-state index < -0.39 is 11.9 Å². The zero-order valence-electron chi connectivity index (χ0n) is 14.2. The zero-order valence-corrected chi connectivity index (χ0v) is 14.2. The highest BCUT2D eigenvalue weighted by atomic mass is 16.4. The van der Waals surface area contributed by atoms with Crippen LogP contribution in [0.25, 0.3) is 0 Å². The fourth-order valence-electron chi connectivity index (χ4n) is 3.56. The molecule has 0 aromatic heterocycles. The highest BCUT2D eigenvalue weighted by molar-refractivity contribution is 5.98. The van der Waals surface area contributed by atoms with E-state index in [0.717, 1.165) is 12.1 Å². The molecule has 1 amide bonds. The normalized spacial score (nSPS) is 21.0. The number of piperidine rings is 1. The van der Waals surface area contributed by atoms with Crippen molar-refractivity contribution >= 4 is 17.6 Å². The van der Waals surface area contributed by atoms with Gasteiger partial charge in [-0.15, -0.1) is 0 Å². The first-order valence-corrected chi connectivity index (χ1v) is 8.51. The molecule has 1 aromatic rings. The lowest BCUT2D eigenvalue weighted by Crippen LogP contribution is -2.41. The first kappa shape index (κ1) is 17.0. The molecule has 2 aliphatic heterocycles. The number of anilines is 1. The van der Waals surface area contributed by atoms with E-state index in [2.05, 4.69) is 13.0 Å². The first-order chi connectivity index (χ1) is 12.0. The number of nitrogens with zero attached hydrogens (tertiary/aromatic N) is 3. The quantitative estimate of drug-likeness (QED) is 0.674. The maximum absolute atomic E-state index is 12.7. The van der Waals surface area contributed by atoms with Crippen molar-refractivity contribution in [1.29, 1.82) is 5.26 Å². The zero-order chi connectivity index (χ0) is 18.0. The van der Waals surface area contributed by atoms with E-state index in [1.807, 2.05) is 29.2 Å². The number of aliphatic carboxylic acids is 1. The Labute approximate surface area is 147 Å². The maximum atomic E-state index is 12.7. The first-order valence-electron chi connectivity index (χ1n) is 8.51. The molecule has 25 heavy (non-hydrogen) atoms. The maximum Gasteiger partial charge on any atom is 0.306 e. The highest BCUT2D eigenvalue weighted by Gasteiger charge is 2.30. The lowest BCUT2D eigenvalue weighted by Gasteiger charge is -2.30. The number of hydrogen-bond acceptors (Lipinski definition) is 4. The Morgan fingerprint density at radius 1 is 1.28 bits per heavy atom. The third-order valence-corrected chi connectivity index (χ3v) is 5.01. The topological polar surface area (TPSA) is 84.6 Å². The Morgan fingerprint density at radius 2 is 1.96 bits per heavy atom. The van der Waals surface area contributed by atoms with Crippen LogP contribution in [-0.2, 0) is 16.0 Å². The van der Waals surface area contributed by atoms with E-state index in [1.54, 1.807) is 11.1 Å². The predicted molar refractivity (Wildman–Crippen MR) is 92.7 cm³/mol. The summed E-state index contributed by atoms with van der Waals surface area (Å²) in [5.41, 5.74) is 2.33. The van der Waals surface area contributed by atoms with Crippen molar-refractivity contribution < 1.29 is 14.7 Å². The van der Waals surface area contributed by atoms with Crippen LogP contribution in [0.2, 0.25) is 0 Å². The van der Waals surface area contributed by atoms with Crippen LogP contribution < -0.4 is 4.90 Å². The number of nitriles is 1. The van der Waals surface area contributed by atoms with Gasteiger partial charge in [0, 0.05) is 31.0 Å². The third-order valence-electron chi connectivity index (χ3n) is 5.01. The van der Waals surface area contributed by atoms with E-state index in [9.17, 15) is 14.9 Å². The van der Waals surface area contributed by atoms with Gasteiger partial charge in [0.05, 0.1) is 5.92 Å². The van der Waals surface area contributed by atoms with Gasteiger partial charge in [0.15, 0.2) is 0 Å². The average molecular weight is 339 g/mol. The molecule has 130 valence electrons. The van der Waals surface area contributed by atoms with Crippen LogP contribution in [0.4, 0.5) is 5.69 Å². The molecule has 1 saturated heterocycles.